The van der Waals surface area contributed by atoms with Gasteiger partial charge in [0, 0.05) is 37.8 Å². The molecular formula is C39H57N5O5. The van der Waals surface area contributed by atoms with E-state index >= 15 is 0 Å². The third-order valence-corrected chi connectivity index (χ3v) is 9.74. The normalized spacial score (nSPS) is 16.8. The number of carbonyl (C=O) groups is 5. The van der Waals surface area contributed by atoms with E-state index in [0.29, 0.717) is 64.6 Å². The molecule has 3 rings (SSSR count). The first-order chi connectivity index (χ1) is 23.3. The third kappa shape index (κ3) is 12.6. The van der Waals surface area contributed by atoms with Gasteiger partial charge in [-0.05, 0) is 75.5 Å². The number of nitrogens with zero attached hydrogens (tertiary/aromatic N) is 1. The summed E-state index contributed by atoms with van der Waals surface area (Å²) in [5.41, 5.74) is 19.3. The standard InChI is InChI=1S/C39H57N5O5/c1-27(2)22-34(36(47)25-31(16-10-11-19-40)38(49)44-20-17-39(42,18-21-44)28(3)45)43-37(48)32(23-29-12-6-4-7-13-29)26-35(46)33(41)24-30-14-8-5-9-15-30/h4-9,12-15,27,31-34H,10-11,16-26,40-42H2,1-3H3,(H,43,48)/t31-,32-,33+,34+/m0/s1. The van der Waals surface area contributed by atoms with Crippen LogP contribution in [-0.4, -0.2) is 71.3 Å². The van der Waals surface area contributed by atoms with Crippen LogP contribution < -0.4 is 22.5 Å². The van der Waals surface area contributed by atoms with E-state index in [1.54, 1.807) is 4.90 Å². The molecule has 0 aliphatic carbocycles. The van der Waals surface area contributed by atoms with Gasteiger partial charge >= 0.3 is 0 Å². The zero-order valence-corrected chi connectivity index (χ0v) is 29.6. The Balaban J connectivity index is 1.77. The average Bonchev–Trinajstić information content (AvgIpc) is 3.07. The maximum Gasteiger partial charge on any atom is 0.226 e. The lowest BCUT2D eigenvalue weighted by atomic mass is 9.84. The molecule has 0 unspecified atom stereocenters. The highest BCUT2D eigenvalue weighted by molar-refractivity contribution is 5.95. The molecule has 4 atom stereocenters. The summed E-state index contributed by atoms with van der Waals surface area (Å²) in [6.07, 6.45) is 3.65. The smallest absolute Gasteiger partial charge is 0.226 e. The predicted molar refractivity (Wildman–Crippen MR) is 192 cm³/mol. The summed E-state index contributed by atoms with van der Waals surface area (Å²) >= 11 is 0. The van der Waals surface area contributed by atoms with E-state index in [2.05, 4.69) is 5.32 Å². The lowest BCUT2D eigenvalue weighted by molar-refractivity contribution is -0.141. The SMILES string of the molecule is CC(=O)C1(N)CCN(C(=O)[C@@H](CCCCN)CC(=O)[C@@H](CC(C)C)NC(=O)[C@H](CC(=O)[C@H](N)Cc2ccccc2)Cc2ccccc2)CC1. The van der Waals surface area contributed by atoms with Crippen LogP contribution in [0.1, 0.15) is 83.3 Å². The summed E-state index contributed by atoms with van der Waals surface area (Å²) in [7, 11) is 0. The van der Waals surface area contributed by atoms with E-state index in [-0.39, 0.29) is 47.9 Å². The van der Waals surface area contributed by atoms with Crippen molar-refractivity contribution in [3.8, 4) is 0 Å². The number of benzene rings is 2. The molecule has 1 aliphatic rings. The number of carbonyl (C=O) groups excluding carboxylic acids is 5. The van der Waals surface area contributed by atoms with Gasteiger partial charge in [0.15, 0.2) is 11.6 Å². The van der Waals surface area contributed by atoms with E-state index < -0.39 is 29.5 Å². The molecule has 2 amide bonds. The lowest BCUT2D eigenvalue weighted by Crippen LogP contribution is -2.56. The fourth-order valence-electron chi connectivity index (χ4n) is 6.53. The van der Waals surface area contributed by atoms with Gasteiger partial charge in [-0.1, -0.05) is 80.9 Å². The van der Waals surface area contributed by atoms with E-state index in [9.17, 15) is 24.0 Å². The molecule has 1 fully saturated rings. The average molecular weight is 676 g/mol. The quantitative estimate of drug-likeness (QED) is 0.154. The van der Waals surface area contributed by atoms with E-state index in [1.165, 1.54) is 6.92 Å². The van der Waals surface area contributed by atoms with Gasteiger partial charge in [0.2, 0.25) is 11.8 Å². The predicted octanol–water partition coefficient (Wildman–Crippen LogP) is 3.52. The van der Waals surface area contributed by atoms with Gasteiger partial charge in [0.25, 0.3) is 0 Å². The number of piperidine rings is 1. The second kappa shape index (κ2) is 19.5. The Morgan fingerprint density at radius 3 is 1.90 bits per heavy atom. The molecular weight excluding hydrogens is 618 g/mol. The molecule has 0 radical (unpaired) electrons. The molecule has 49 heavy (non-hydrogen) atoms. The van der Waals surface area contributed by atoms with Crippen molar-refractivity contribution in [2.75, 3.05) is 19.6 Å². The first-order valence-electron chi connectivity index (χ1n) is 17.8. The zero-order valence-electron chi connectivity index (χ0n) is 29.6. The Labute approximate surface area is 291 Å². The largest absolute Gasteiger partial charge is 0.346 e. The Hall–Kier alpha value is -3.73. The molecule has 2 aromatic carbocycles. The highest BCUT2D eigenvalue weighted by Gasteiger charge is 2.38. The highest BCUT2D eigenvalue weighted by atomic mass is 16.2. The monoisotopic (exact) mass is 675 g/mol. The van der Waals surface area contributed by atoms with Crippen LogP contribution in [0.4, 0.5) is 0 Å². The maximum atomic E-state index is 14.0. The number of nitrogens with two attached hydrogens (primary N) is 3. The van der Waals surface area contributed by atoms with Crippen LogP contribution in [0.25, 0.3) is 0 Å². The minimum Gasteiger partial charge on any atom is -0.346 e. The summed E-state index contributed by atoms with van der Waals surface area (Å²) in [6.45, 7) is 6.62. The molecule has 0 aromatic heterocycles. The fraction of sp³-hybridized carbons (Fsp3) is 0.564. The van der Waals surface area contributed by atoms with Gasteiger partial charge in [-0.3, -0.25) is 24.0 Å². The van der Waals surface area contributed by atoms with Gasteiger partial charge in [0.05, 0.1) is 17.6 Å². The second-order valence-corrected chi connectivity index (χ2v) is 14.2. The van der Waals surface area contributed by atoms with Crippen molar-refractivity contribution in [3.63, 3.8) is 0 Å². The molecule has 10 heteroatoms. The summed E-state index contributed by atoms with van der Waals surface area (Å²) < 4.78 is 0. The molecule has 7 N–H and O–H groups in total. The van der Waals surface area contributed by atoms with Crippen molar-refractivity contribution in [2.24, 2.45) is 35.0 Å². The van der Waals surface area contributed by atoms with Gasteiger partial charge in [-0.25, -0.2) is 0 Å². The first kappa shape index (κ1) is 39.7. The number of amides is 2. The third-order valence-electron chi connectivity index (χ3n) is 9.74. The van der Waals surface area contributed by atoms with Crippen LogP contribution in [0.5, 0.6) is 0 Å². The van der Waals surface area contributed by atoms with Crippen molar-refractivity contribution in [2.45, 2.75) is 103 Å². The number of nitrogens with one attached hydrogen (secondary N) is 1. The number of hydrogen-bond donors (Lipinski definition) is 4. The summed E-state index contributed by atoms with van der Waals surface area (Å²) in [5, 5.41) is 3.00. The summed E-state index contributed by atoms with van der Waals surface area (Å²) in [6, 6.07) is 17.4. The van der Waals surface area contributed by atoms with Crippen molar-refractivity contribution in [3.05, 3.63) is 71.8 Å². The number of Topliss-reactive ketones (excluding diaryl/α,β-unsaturated/α-hetero) is 3. The number of ketones is 3. The molecule has 1 saturated heterocycles. The molecule has 0 saturated carbocycles. The van der Waals surface area contributed by atoms with Crippen LogP contribution in [0.3, 0.4) is 0 Å². The molecule has 0 spiro atoms. The molecule has 1 heterocycles. The van der Waals surface area contributed by atoms with Gasteiger partial charge in [0.1, 0.15) is 5.78 Å². The van der Waals surface area contributed by atoms with Crippen molar-refractivity contribution in [1.29, 1.82) is 0 Å². The summed E-state index contributed by atoms with van der Waals surface area (Å²) in [4.78, 5) is 68.9. The Kier molecular flexibility index (Phi) is 15.8. The minimum absolute atomic E-state index is 0.0255. The highest BCUT2D eigenvalue weighted by Crippen LogP contribution is 2.26. The van der Waals surface area contributed by atoms with Gasteiger partial charge in [-0.15, -0.1) is 0 Å². The Bertz CT molecular complexity index is 1370. The molecule has 268 valence electrons. The summed E-state index contributed by atoms with van der Waals surface area (Å²) in [5.74, 6) is -2.26. The first-order valence-corrected chi connectivity index (χ1v) is 17.8. The van der Waals surface area contributed by atoms with Crippen molar-refractivity contribution in [1.82, 2.24) is 10.2 Å². The number of rotatable bonds is 20. The zero-order chi connectivity index (χ0) is 36.0. The van der Waals surface area contributed by atoms with Crippen LogP contribution in [0.15, 0.2) is 60.7 Å². The van der Waals surface area contributed by atoms with Crippen LogP contribution in [-0.2, 0) is 36.8 Å². The maximum absolute atomic E-state index is 14.0. The number of unbranched alkanes of at least 4 members (excludes halogenated alkanes) is 1. The molecule has 1 aliphatic heterocycles. The number of likely N-dealkylation sites (tertiary alicyclic amines) is 1. The second-order valence-electron chi connectivity index (χ2n) is 14.2. The van der Waals surface area contributed by atoms with Crippen molar-refractivity contribution >= 4 is 29.2 Å². The molecule has 0 bridgehead atoms. The van der Waals surface area contributed by atoms with E-state index in [1.807, 2.05) is 74.5 Å². The van der Waals surface area contributed by atoms with Crippen LogP contribution in [0.2, 0.25) is 0 Å². The molecule has 2 aromatic rings. The Morgan fingerprint density at radius 1 is 0.816 bits per heavy atom. The fourth-order valence-corrected chi connectivity index (χ4v) is 6.53. The minimum atomic E-state index is -0.933. The lowest BCUT2D eigenvalue weighted by Gasteiger charge is -2.39. The van der Waals surface area contributed by atoms with Crippen molar-refractivity contribution < 1.29 is 24.0 Å². The van der Waals surface area contributed by atoms with E-state index in [4.69, 9.17) is 17.2 Å². The Morgan fingerprint density at radius 2 is 1.37 bits per heavy atom. The van der Waals surface area contributed by atoms with Crippen LogP contribution >= 0.6 is 0 Å². The van der Waals surface area contributed by atoms with Gasteiger partial charge < -0.3 is 27.4 Å². The number of hydrogen-bond acceptors (Lipinski definition) is 8. The van der Waals surface area contributed by atoms with Gasteiger partial charge in [-0.2, -0.15) is 0 Å². The van der Waals surface area contributed by atoms with E-state index in [0.717, 1.165) is 17.5 Å². The molecule has 10 nitrogen and oxygen atoms in total. The topological polar surface area (TPSA) is 179 Å². The van der Waals surface area contributed by atoms with Crippen LogP contribution in [0, 0.1) is 17.8 Å².